The Morgan fingerprint density at radius 2 is 2.12 bits per heavy atom. The van der Waals surface area contributed by atoms with Crippen molar-refractivity contribution in [1.82, 2.24) is 10.2 Å². The Kier molecular flexibility index (Phi) is 5.52. The first-order valence-corrected chi connectivity index (χ1v) is 4.82. The molecule has 0 aliphatic carbocycles. The molecule has 92 valence electrons. The maximum absolute atomic E-state index is 11.4. The van der Waals surface area contributed by atoms with Crippen molar-refractivity contribution < 1.29 is 19.8 Å². The first-order valence-electron chi connectivity index (χ1n) is 4.82. The molecule has 0 fully saturated rings. The summed E-state index contributed by atoms with van der Waals surface area (Å²) in [5, 5.41) is 20.6. The Morgan fingerprint density at radius 1 is 1.56 bits per heavy atom. The number of carboxylic acid groups (broad SMARTS) is 1. The molecule has 1 atom stereocenters. The lowest BCUT2D eigenvalue weighted by molar-refractivity contribution is -0.141. The number of hydrogen-bond acceptors (Lipinski definition) is 3. The van der Waals surface area contributed by atoms with Crippen molar-refractivity contribution in [1.29, 1.82) is 0 Å². The normalized spacial score (nSPS) is 13.7. The topological polar surface area (TPSA) is 89.9 Å². The molecule has 2 amide bonds. The molecule has 0 aromatic rings. The van der Waals surface area contributed by atoms with Crippen LogP contribution in [0.2, 0.25) is 0 Å². The predicted molar refractivity (Wildman–Crippen MR) is 59.1 cm³/mol. The minimum atomic E-state index is -1.45. The van der Waals surface area contributed by atoms with Gasteiger partial charge < -0.3 is 20.4 Å². The molecule has 0 radical (unpaired) electrons. The lowest BCUT2D eigenvalue weighted by Gasteiger charge is -2.23. The highest BCUT2D eigenvalue weighted by atomic mass is 16.4. The second-order valence-electron chi connectivity index (χ2n) is 3.90. The first kappa shape index (κ1) is 14.4. The number of hydrogen-bond donors (Lipinski definition) is 3. The molecule has 0 rings (SSSR count). The van der Waals surface area contributed by atoms with Crippen LogP contribution in [0.5, 0.6) is 0 Å². The minimum Gasteiger partial charge on any atom is -0.481 e. The quantitative estimate of drug-likeness (QED) is 0.562. The Bertz CT molecular complexity index is 276. The summed E-state index contributed by atoms with van der Waals surface area (Å²) < 4.78 is 0. The SMILES string of the molecule is C=CCN(C)C(=O)NCC(C)(O)CC(=O)O. The van der Waals surface area contributed by atoms with E-state index in [1.807, 2.05) is 0 Å². The average Bonchev–Trinajstić information content (AvgIpc) is 2.12. The molecule has 0 aliphatic heterocycles. The lowest BCUT2D eigenvalue weighted by atomic mass is 10.0. The number of aliphatic hydroxyl groups is 1. The summed E-state index contributed by atoms with van der Waals surface area (Å²) in [6.45, 7) is 5.11. The van der Waals surface area contributed by atoms with Gasteiger partial charge in [0.25, 0.3) is 0 Å². The Balaban J connectivity index is 4.08. The first-order chi connectivity index (χ1) is 7.28. The highest BCUT2D eigenvalue weighted by molar-refractivity contribution is 5.74. The van der Waals surface area contributed by atoms with Gasteiger partial charge >= 0.3 is 12.0 Å². The highest BCUT2D eigenvalue weighted by Crippen LogP contribution is 2.07. The van der Waals surface area contributed by atoms with Gasteiger partial charge in [0.2, 0.25) is 0 Å². The fraction of sp³-hybridized carbons (Fsp3) is 0.600. The molecule has 3 N–H and O–H groups in total. The number of rotatable bonds is 6. The standard InChI is InChI=1S/C10H18N2O4/c1-4-5-12(3)9(15)11-7-10(2,16)6-8(13)14/h4,16H,1,5-7H2,2-3H3,(H,11,15)(H,13,14). The molecular formula is C10H18N2O4. The van der Waals surface area contributed by atoms with E-state index < -0.39 is 18.0 Å². The molecule has 1 unspecified atom stereocenters. The van der Waals surface area contributed by atoms with E-state index in [1.54, 1.807) is 13.1 Å². The number of urea groups is 1. The highest BCUT2D eigenvalue weighted by Gasteiger charge is 2.25. The van der Waals surface area contributed by atoms with Gasteiger partial charge in [0.05, 0.1) is 12.0 Å². The van der Waals surface area contributed by atoms with Crippen LogP contribution in [0, 0.1) is 0 Å². The third-order valence-corrected chi connectivity index (χ3v) is 1.90. The molecule has 0 bridgehead atoms. The summed E-state index contributed by atoms with van der Waals surface area (Å²) in [5.41, 5.74) is -1.45. The average molecular weight is 230 g/mol. The largest absolute Gasteiger partial charge is 0.481 e. The van der Waals surface area contributed by atoms with Gasteiger partial charge in [-0.3, -0.25) is 4.79 Å². The smallest absolute Gasteiger partial charge is 0.317 e. The number of nitrogens with zero attached hydrogens (tertiary/aromatic N) is 1. The zero-order chi connectivity index (χ0) is 12.8. The molecule has 0 aromatic carbocycles. The van der Waals surface area contributed by atoms with Crippen LogP contribution < -0.4 is 5.32 Å². The van der Waals surface area contributed by atoms with E-state index in [2.05, 4.69) is 11.9 Å². The third-order valence-electron chi connectivity index (χ3n) is 1.90. The summed E-state index contributed by atoms with van der Waals surface area (Å²) in [7, 11) is 1.57. The van der Waals surface area contributed by atoms with Gasteiger partial charge in [0, 0.05) is 20.1 Å². The number of carboxylic acids is 1. The van der Waals surface area contributed by atoms with Gasteiger partial charge in [0.1, 0.15) is 0 Å². The molecule has 0 spiro atoms. The summed E-state index contributed by atoms with van der Waals surface area (Å²) in [6.07, 6.45) is 1.15. The second-order valence-corrected chi connectivity index (χ2v) is 3.90. The van der Waals surface area contributed by atoms with Crippen molar-refractivity contribution in [3.63, 3.8) is 0 Å². The van der Waals surface area contributed by atoms with Gasteiger partial charge in [-0.2, -0.15) is 0 Å². The van der Waals surface area contributed by atoms with Crippen molar-refractivity contribution in [2.75, 3.05) is 20.1 Å². The summed E-state index contributed by atoms with van der Waals surface area (Å²) >= 11 is 0. The van der Waals surface area contributed by atoms with Crippen molar-refractivity contribution >= 4 is 12.0 Å². The van der Waals surface area contributed by atoms with Gasteiger partial charge in [-0.25, -0.2) is 4.79 Å². The molecule has 6 heteroatoms. The van der Waals surface area contributed by atoms with Crippen molar-refractivity contribution in [3.8, 4) is 0 Å². The van der Waals surface area contributed by atoms with Crippen LogP contribution in [-0.2, 0) is 4.79 Å². The molecule has 0 saturated heterocycles. The van der Waals surface area contributed by atoms with Gasteiger partial charge in [-0.15, -0.1) is 6.58 Å². The maximum Gasteiger partial charge on any atom is 0.317 e. The summed E-state index contributed by atoms with van der Waals surface area (Å²) in [6, 6.07) is -0.384. The van der Waals surface area contributed by atoms with Crippen LogP contribution >= 0.6 is 0 Å². The zero-order valence-corrected chi connectivity index (χ0v) is 9.56. The van der Waals surface area contributed by atoms with E-state index in [4.69, 9.17) is 5.11 Å². The zero-order valence-electron chi connectivity index (χ0n) is 9.56. The van der Waals surface area contributed by atoms with Crippen LogP contribution in [0.3, 0.4) is 0 Å². The van der Waals surface area contributed by atoms with Crippen LogP contribution in [0.4, 0.5) is 4.79 Å². The van der Waals surface area contributed by atoms with E-state index >= 15 is 0 Å². The number of aliphatic carboxylic acids is 1. The van der Waals surface area contributed by atoms with Gasteiger partial charge in [-0.05, 0) is 6.92 Å². The lowest BCUT2D eigenvalue weighted by Crippen LogP contribution is -2.46. The fourth-order valence-corrected chi connectivity index (χ4v) is 1.07. The minimum absolute atomic E-state index is 0.111. The van der Waals surface area contributed by atoms with Crippen molar-refractivity contribution in [2.45, 2.75) is 18.9 Å². The van der Waals surface area contributed by atoms with Gasteiger partial charge in [0.15, 0.2) is 0 Å². The molecule has 0 aliphatic rings. The van der Waals surface area contributed by atoms with Crippen LogP contribution in [-0.4, -0.2) is 52.9 Å². The molecule has 16 heavy (non-hydrogen) atoms. The third kappa shape index (κ3) is 6.02. The monoisotopic (exact) mass is 230 g/mol. The Labute approximate surface area is 94.6 Å². The number of nitrogens with one attached hydrogen (secondary N) is 1. The number of amides is 2. The maximum atomic E-state index is 11.4. The van der Waals surface area contributed by atoms with E-state index in [1.165, 1.54) is 11.8 Å². The Morgan fingerprint density at radius 3 is 2.56 bits per heavy atom. The molecule has 6 nitrogen and oxygen atoms in total. The van der Waals surface area contributed by atoms with E-state index in [-0.39, 0.29) is 12.6 Å². The van der Waals surface area contributed by atoms with Crippen molar-refractivity contribution in [2.24, 2.45) is 0 Å². The molecule has 0 aromatic heterocycles. The summed E-state index contributed by atoms with van der Waals surface area (Å²) in [5.74, 6) is -1.11. The van der Waals surface area contributed by atoms with Crippen LogP contribution in [0.1, 0.15) is 13.3 Å². The Hall–Kier alpha value is -1.56. The van der Waals surface area contributed by atoms with Crippen LogP contribution in [0.25, 0.3) is 0 Å². The van der Waals surface area contributed by atoms with E-state index in [0.29, 0.717) is 6.54 Å². The van der Waals surface area contributed by atoms with Gasteiger partial charge in [-0.1, -0.05) is 6.08 Å². The van der Waals surface area contributed by atoms with E-state index in [0.717, 1.165) is 0 Å². The second kappa shape index (κ2) is 6.12. The fourth-order valence-electron chi connectivity index (χ4n) is 1.07. The van der Waals surface area contributed by atoms with Crippen LogP contribution in [0.15, 0.2) is 12.7 Å². The molecular weight excluding hydrogens is 212 g/mol. The summed E-state index contributed by atoms with van der Waals surface area (Å²) in [4.78, 5) is 23.1. The molecule has 0 saturated carbocycles. The number of carbonyl (C=O) groups is 2. The van der Waals surface area contributed by atoms with E-state index in [9.17, 15) is 14.7 Å². The number of carbonyl (C=O) groups excluding carboxylic acids is 1. The molecule has 0 heterocycles. The van der Waals surface area contributed by atoms with Crippen molar-refractivity contribution in [3.05, 3.63) is 12.7 Å². The predicted octanol–water partition coefficient (Wildman–Crippen LogP) is 0.0395. The number of likely N-dealkylation sites (N-methyl/N-ethyl adjacent to an activating group) is 1.